The van der Waals surface area contributed by atoms with Crippen molar-refractivity contribution in [3.8, 4) is 22.3 Å². The van der Waals surface area contributed by atoms with Crippen molar-refractivity contribution in [2.75, 3.05) is 4.90 Å². The van der Waals surface area contributed by atoms with Gasteiger partial charge in [0.25, 0.3) is 0 Å². The molecule has 1 heterocycles. The van der Waals surface area contributed by atoms with Gasteiger partial charge in [0, 0.05) is 36.7 Å². The number of fused-ring (bicyclic) bond motifs is 8. The Balaban J connectivity index is 0.000000184. The maximum Gasteiger partial charge on any atom is 0.147 e. The predicted octanol–water partition coefficient (Wildman–Crippen LogP) is 17.1. The average Bonchev–Trinajstić information content (AvgIpc) is 3.76. The Bertz CT molecular complexity index is 3150. The highest BCUT2D eigenvalue weighted by atomic mass is 32.1. The van der Waals surface area contributed by atoms with Crippen LogP contribution in [0.25, 0.3) is 53.2 Å². The molecule has 1 aliphatic rings. The highest BCUT2D eigenvalue weighted by molar-refractivity contribution is 7.25. The zero-order valence-electron chi connectivity index (χ0n) is 35.3. The molecule has 0 fully saturated rings. The molecule has 10 aromatic rings. The standard InChI is InChI=1S/C38H30FN.C13H10S.C7H8/c1-25-18-20-31-32(22-25)38(2,3)33-24-36(29-16-10-11-17-30(29)37(31)33)40(28-14-8-5-9-15-28)35-21-19-27(23-34(35)39)26-12-6-4-7-13-26;1-9-6-7-13-11(8-9)10-4-2-3-5-12(10)14-13;1-7-5-3-2-4-6-7/h4-24H,1-3H3;2-8H,1H3;2-6H,1H3. The lowest BCUT2D eigenvalue weighted by Gasteiger charge is -2.30. The minimum absolute atomic E-state index is 0.187. The molecule has 0 aliphatic heterocycles. The summed E-state index contributed by atoms with van der Waals surface area (Å²) < 4.78 is 19.0. The van der Waals surface area contributed by atoms with E-state index in [4.69, 9.17) is 0 Å². The SMILES string of the molecule is Cc1ccc2c(c1)C(C)(C)c1cc(N(c3ccccc3)c3ccc(-c4ccccc4)cc3F)c3ccccc3c1-2.Cc1ccc2sc3ccccc3c2c1.Cc1ccccc1. The van der Waals surface area contributed by atoms with Gasteiger partial charge in [-0.15, -0.1) is 11.3 Å². The first-order chi connectivity index (χ1) is 29.7. The molecule has 0 bridgehead atoms. The van der Waals surface area contributed by atoms with Crippen molar-refractivity contribution in [1.29, 1.82) is 0 Å². The zero-order chi connectivity index (χ0) is 42.1. The first-order valence-corrected chi connectivity index (χ1v) is 21.8. The molecule has 11 rings (SSSR count). The number of aryl methyl sites for hydroxylation is 3. The second-order valence-corrected chi connectivity index (χ2v) is 17.6. The summed E-state index contributed by atoms with van der Waals surface area (Å²) in [7, 11) is 0. The largest absolute Gasteiger partial charge is 0.307 e. The van der Waals surface area contributed by atoms with Crippen molar-refractivity contribution in [2.24, 2.45) is 0 Å². The summed E-state index contributed by atoms with van der Waals surface area (Å²) in [5.74, 6) is -0.257. The average molecular weight is 810 g/mol. The number of nitrogens with zero attached hydrogens (tertiary/aromatic N) is 1. The van der Waals surface area contributed by atoms with Crippen LogP contribution in [-0.2, 0) is 5.41 Å². The van der Waals surface area contributed by atoms with Gasteiger partial charge >= 0.3 is 0 Å². The Labute approximate surface area is 363 Å². The van der Waals surface area contributed by atoms with E-state index in [1.165, 1.54) is 64.5 Å². The summed E-state index contributed by atoms with van der Waals surface area (Å²) in [6, 6.07) is 68.8. The van der Waals surface area contributed by atoms with Gasteiger partial charge in [0.05, 0.1) is 11.4 Å². The fourth-order valence-electron chi connectivity index (χ4n) is 8.72. The van der Waals surface area contributed by atoms with Crippen LogP contribution in [0.4, 0.5) is 21.5 Å². The van der Waals surface area contributed by atoms with Crippen molar-refractivity contribution in [2.45, 2.75) is 40.0 Å². The van der Waals surface area contributed by atoms with Gasteiger partial charge in [-0.1, -0.05) is 182 Å². The lowest BCUT2D eigenvalue weighted by Crippen LogP contribution is -2.17. The number of rotatable bonds is 4. The lowest BCUT2D eigenvalue weighted by atomic mass is 9.81. The van der Waals surface area contributed by atoms with Crippen molar-refractivity contribution in [3.63, 3.8) is 0 Å². The van der Waals surface area contributed by atoms with E-state index in [0.29, 0.717) is 5.69 Å². The van der Waals surface area contributed by atoms with Crippen LogP contribution in [0.15, 0.2) is 200 Å². The molecular formula is C58H48FNS. The van der Waals surface area contributed by atoms with E-state index in [9.17, 15) is 0 Å². The third kappa shape index (κ3) is 7.74. The van der Waals surface area contributed by atoms with Crippen LogP contribution in [0.2, 0.25) is 0 Å². The molecular weight excluding hydrogens is 762 g/mol. The van der Waals surface area contributed by atoms with Gasteiger partial charge in [-0.25, -0.2) is 4.39 Å². The zero-order valence-corrected chi connectivity index (χ0v) is 36.1. The van der Waals surface area contributed by atoms with Gasteiger partial charge in [-0.2, -0.15) is 0 Å². The van der Waals surface area contributed by atoms with Crippen molar-refractivity contribution in [1.82, 2.24) is 0 Å². The molecule has 0 saturated heterocycles. The molecule has 0 N–H and O–H groups in total. The molecule has 3 heteroatoms. The molecule has 0 unspecified atom stereocenters. The maximum atomic E-state index is 16.2. The molecule has 298 valence electrons. The predicted molar refractivity (Wildman–Crippen MR) is 262 cm³/mol. The number of anilines is 3. The molecule has 9 aromatic carbocycles. The molecule has 0 radical (unpaired) electrons. The van der Waals surface area contributed by atoms with Crippen LogP contribution in [0.1, 0.15) is 41.7 Å². The van der Waals surface area contributed by atoms with Gasteiger partial charge < -0.3 is 4.90 Å². The summed E-state index contributed by atoms with van der Waals surface area (Å²) in [4.78, 5) is 2.08. The third-order valence-electron chi connectivity index (χ3n) is 11.8. The van der Waals surface area contributed by atoms with Crippen LogP contribution in [0, 0.1) is 26.6 Å². The summed E-state index contributed by atoms with van der Waals surface area (Å²) in [5, 5.41) is 5.07. The number of hydrogen-bond donors (Lipinski definition) is 0. The summed E-state index contributed by atoms with van der Waals surface area (Å²) in [5.41, 5.74) is 13.2. The topological polar surface area (TPSA) is 3.24 Å². The minimum atomic E-state index is -0.257. The molecule has 1 aliphatic carbocycles. The Morgan fingerprint density at radius 3 is 1.70 bits per heavy atom. The van der Waals surface area contributed by atoms with Gasteiger partial charge in [0.2, 0.25) is 0 Å². The fourth-order valence-corrected chi connectivity index (χ4v) is 9.81. The van der Waals surface area contributed by atoms with Crippen molar-refractivity contribution in [3.05, 3.63) is 234 Å². The monoisotopic (exact) mass is 809 g/mol. The number of para-hydroxylation sites is 1. The van der Waals surface area contributed by atoms with Crippen molar-refractivity contribution >= 4 is 59.3 Å². The van der Waals surface area contributed by atoms with E-state index < -0.39 is 0 Å². The number of hydrogen-bond acceptors (Lipinski definition) is 2. The van der Waals surface area contributed by atoms with E-state index in [2.05, 4.69) is 155 Å². The number of thiophene rings is 1. The summed E-state index contributed by atoms with van der Waals surface area (Å²) >= 11 is 1.87. The molecule has 0 atom stereocenters. The fraction of sp³-hybridized carbons (Fsp3) is 0.103. The smallest absolute Gasteiger partial charge is 0.147 e. The quantitative estimate of drug-likeness (QED) is 0.171. The Morgan fingerprint density at radius 2 is 1.02 bits per heavy atom. The van der Waals surface area contributed by atoms with E-state index in [0.717, 1.165) is 27.9 Å². The molecule has 61 heavy (non-hydrogen) atoms. The maximum absolute atomic E-state index is 16.2. The normalized spacial score (nSPS) is 12.2. The molecule has 1 aromatic heterocycles. The second kappa shape index (κ2) is 16.7. The number of halogens is 1. The van der Waals surface area contributed by atoms with Crippen LogP contribution in [0.5, 0.6) is 0 Å². The first-order valence-electron chi connectivity index (χ1n) is 20.9. The van der Waals surface area contributed by atoms with E-state index >= 15 is 4.39 Å². The van der Waals surface area contributed by atoms with Crippen LogP contribution >= 0.6 is 11.3 Å². The molecule has 0 amide bonds. The highest BCUT2D eigenvalue weighted by Crippen LogP contribution is 2.54. The highest BCUT2D eigenvalue weighted by Gasteiger charge is 2.38. The van der Waals surface area contributed by atoms with Gasteiger partial charge in [0.1, 0.15) is 5.82 Å². The molecule has 1 nitrogen and oxygen atoms in total. The Kier molecular flexibility index (Phi) is 10.8. The minimum Gasteiger partial charge on any atom is -0.307 e. The third-order valence-corrected chi connectivity index (χ3v) is 13.0. The van der Waals surface area contributed by atoms with Crippen LogP contribution in [0.3, 0.4) is 0 Å². The van der Waals surface area contributed by atoms with E-state index in [-0.39, 0.29) is 11.2 Å². The van der Waals surface area contributed by atoms with Crippen molar-refractivity contribution < 1.29 is 4.39 Å². The number of benzene rings is 9. The van der Waals surface area contributed by atoms with E-state index in [1.54, 1.807) is 6.07 Å². The van der Waals surface area contributed by atoms with Crippen LogP contribution < -0.4 is 4.90 Å². The van der Waals surface area contributed by atoms with Gasteiger partial charge in [-0.05, 0) is 108 Å². The summed E-state index contributed by atoms with van der Waals surface area (Å²) in [6.45, 7) is 11.0. The first kappa shape index (κ1) is 39.6. The van der Waals surface area contributed by atoms with Gasteiger partial charge in [0.15, 0.2) is 0 Å². The Morgan fingerprint density at radius 1 is 0.426 bits per heavy atom. The molecule has 0 spiro atoms. The lowest BCUT2D eigenvalue weighted by molar-refractivity contribution is 0.629. The second-order valence-electron chi connectivity index (χ2n) is 16.5. The molecule has 0 saturated carbocycles. The van der Waals surface area contributed by atoms with Gasteiger partial charge in [-0.3, -0.25) is 0 Å². The Hall–Kier alpha value is -6.81. The summed E-state index contributed by atoms with van der Waals surface area (Å²) in [6.07, 6.45) is 0. The van der Waals surface area contributed by atoms with E-state index in [1.807, 2.05) is 90.2 Å². The van der Waals surface area contributed by atoms with Crippen LogP contribution in [-0.4, -0.2) is 0 Å².